The fraction of sp³-hybridized carbons (Fsp3) is 0.238. The lowest BCUT2D eigenvalue weighted by Gasteiger charge is -2.39. The number of hydrogen-bond acceptors (Lipinski definition) is 3. The molecule has 0 fully saturated rings. The normalized spacial score (nSPS) is 19.0. The number of benzene rings is 2. The van der Waals surface area contributed by atoms with Crippen molar-refractivity contribution in [2.24, 2.45) is 0 Å². The molecule has 0 aliphatic carbocycles. The van der Waals surface area contributed by atoms with Crippen molar-refractivity contribution < 1.29 is 14.3 Å². The van der Waals surface area contributed by atoms with E-state index < -0.39 is 6.04 Å². The summed E-state index contributed by atoms with van der Waals surface area (Å²) in [7, 11) is 1.61. The largest absolute Gasteiger partial charge is 0.497 e. The van der Waals surface area contributed by atoms with E-state index in [0.29, 0.717) is 12.0 Å². The van der Waals surface area contributed by atoms with Gasteiger partial charge in [-0.3, -0.25) is 19.4 Å². The number of hydrogen-bond donors (Lipinski definition) is 0. The van der Waals surface area contributed by atoms with E-state index in [2.05, 4.69) is 0 Å². The van der Waals surface area contributed by atoms with E-state index >= 15 is 0 Å². The van der Waals surface area contributed by atoms with Crippen LogP contribution in [0.3, 0.4) is 0 Å². The second kappa shape index (κ2) is 6.02. The average Bonchev–Trinajstić information content (AvgIpc) is 2.96. The Morgan fingerprint density at radius 2 is 1.65 bits per heavy atom. The fourth-order valence-corrected chi connectivity index (χ4v) is 3.84. The van der Waals surface area contributed by atoms with E-state index in [1.807, 2.05) is 62.4 Å². The van der Waals surface area contributed by atoms with E-state index in [1.54, 1.807) is 16.9 Å². The summed E-state index contributed by atoms with van der Waals surface area (Å²) in [5.74, 6) is 0.558. The van der Waals surface area contributed by atoms with Gasteiger partial charge in [-0.1, -0.05) is 25.1 Å². The average molecular weight is 348 g/mol. The van der Waals surface area contributed by atoms with Crippen LogP contribution >= 0.6 is 0 Å². The van der Waals surface area contributed by atoms with Crippen molar-refractivity contribution in [1.29, 1.82) is 0 Å². The van der Waals surface area contributed by atoms with Crippen molar-refractivity contribution in [1.82, 2.24) is 4.90 Å². The Hall–Kier alpha value is -3.08. The van der Waals surface area contributed by atoms with Gasteiger partial charge in [0.2, 0.25) is 0 Å². The van der Waals surface area contributed by atoms with Gasteiger partial charge in [-0.2, -0.15) is 0 Å². The number of anilines is 1. The maximum absolute atomic E-state index is 13.2. The van der Waals surface area contributed by atoms with Crippen molar-refractivity contribution in [3.8, 4) is 5.75 Å². The second-order valence-electron chi connectivity index (χ2n) is 6.45. The lowest BCUT2D eigenvalue weighted by atomic mass is 10.0. The molecular formula is C21H20N2O3. The lowest BCUT2D eigenvalue weighted by Crippen LogP contribution is -2.52. The van der Waals surface area contributed by atoms with Gasteiger partial charge in [0.25, 0.3) is 11.8 Å². The monoisotopic (exact) mass is 348 g/mol. The highest BCUT2D eigenvalue weighted by atomic mass is 16.5. The van der Waals surface area contributed by atoms with Gasteiger partial charge in [0.05, 0.1) is 12.8 Å². The van der Waals surface area contributed by atoms with Gasteiger partial charge in [-0.15, -0.1) is 0 Å². The van der Waals surface area contributed by atoms with Crippen molar-refractivity contribution in [3.05, 3.63) is 65.4 Å². The smallest absolute Gasteiger partial charge is 0.259 e. The third-order valence-corrected chi connectivity index (χ3v) is 5.08. The van der Waals surface area contributed by atoms with Crippen molar-refractivity contribution in [3.63, 3.8) is 0 Å². The van der Waals surface area contributed by atoms with Gasteiger partial charge in [0, 0.05) is 22.5 Å². The molecule has 4 rings (SSSR count). The second-order valence-corrected chi connectivity index (χ2v) is 6.45. The van der Waals surface area contributed by atoms with Crippen LogP contribution in [-0.2, 0) is 4.79 Å². The van der Waals surface area contributed by atoms with E-state index in [9.17, 15) is 9.59 Å². The minimum absolute atomic E-state index is 0.0833. The third-order valence-electron chi connectivity index (χ3n) is 5.08. The quantitative estimate of drug-likeness (QED) is 0.850. The SMILES string of the molecule is CCC1C(=O)N(c2ccc(OC)cc2)C(C)=C2c3ccccc3C(=O)N21. The van der Waals surface area contributed by atoms with E-state index in [4.69, 9.17) is 4.74 Å². The first-order chi connectivity index (χ1) is 12.6. The molecule has 2 heterocycles. The van der Waals surface area contributed by atoms with Crippen LogP contribution in [0.25, 0.3) is 5.70 Å². The topological polar surface area (TPSA) is 49.9 Å². The fourth-order valence-electron chi connectivity index (χ4n) is 3.84. The van der Waals surface area contributed by atoms with Gasteiger partial charge in [0.1, 0.15) is 11.8 Å². The molecule has 2 aliphatic heterocycles. The number of allylic oxidation sites excluding steroid dienone is 1. The zero-order valence-corrected chi connectivity index (χ0v) is 15.0. The summed E-state index contributed by atoms with van der Waals surface area (Å²) >= 11 is 0. The Kier molecular flexibility index (Phi) is 3.80. The predicted molar refractivity (Wildman–Crippen MR) is 99.8 cm³/mol. The minimum Gasteiger partial charge on any atom is -0.497 e. The molecule has 2 amide bonds. The van der Waals surface area contributed by atoms with Crippen molar-refractivity contribution in [2.75, 3.05) is 12.0 Å². The van der Waals surface area contributed by atoms with Gasteiger partial charge < -0.3 is 4.74 Å². The van der Waals surface area contributed by atoms with Crippen LogP contribution in [-0.4, -0.2) is 29.9 Å². The molecule has 132 valence electrons. The molecule has 5 heteroatoms. The summed E-state index contributed by atoms with van der Waals surface area (Å²) in [4.78, 5) is 29.5. The molecule has 0 saturated carbocycles. The van der Waals surface area contributed by atoms with Crippen molar-refractivity contribution >= 4 is 23.2 Å². The first-order valence-corrected chi connectivity index (χ1v) is 8.70. The zero-order valence-electron chi connectivity index (χ0n) is 15.0. The Balaban J connectivity index is 1.91. The van der Waals surface area contributed by atoms with Crippen LogP contribution in [0.15, 0.2) is 54.2 Å². The van der Waals surface area contributed by atoms with E-state index in [0.717, 1.165) is 28.4 Å². The molecule has 0 N–H and O–H groups in total. The minimum atomic E-state index is -0.504. The zero-order chi connectivity index (χ0) is 18.4. The lowest BCUT2D eigenvalue weighted by molar-refractivity contribution is -0.122. The van der Waals surface area contributed by atoms with Gasteiger partial charge in [-0.25, -0.2) is 0 Å². The Labute approximate surface area is 152 Å². The standard InChI is InChI=1S/C21H20N2O3/c1-4-18-21(25)22(14-9-11-15(26-3)12-10-14)13(2)19-16-7-5-6-8-17(16)20(24)23(18)19/h5-12,18H,4H2,1-3H3. The predicted octanol–water partition coefficient (Wildman–Crippen LogP) is 3.66. The van der Waals surface area contributed by atoms with Gasteiger partial charge in [-0.05, 0) is 43.7 Å². The first kappa shape index (κ1) is 16.4. The van der Waals surface area contributed by atoms with Crippen LogP contribution in [0.4, 0.5) is 5.69 Å². The molecule has 0 bridgehead atoms. The molecule has 0 saturated heterocycles. The number of carbonyl (C=O) groups is 2. The van der Waals surface area contributed by atoms with Crippen molar-refractivity contribution in [2.45, 2.75) is 26.3 Å². The number of methoxy groups -OCH3 is 1. The molecule has 0 spiro atoms. The number of fused-ring (bicyclic) bond motifs is 3. The van der Waals surface area contributed by atoms with Gasteiger partial charge >= 0.3 is 0 Å². The highest BCUT2D eigenvalue weighted by molar-refractivity contribution is 6.17. The number of carbonyl (C=O) groups excluding carboxylic acids is 2. The summed E-state index contributed by atoms with van der Waals surface area (Å²) in [6, 6.07) is 14.4. The van der Waals surface area contributed by atoms with Crippen LogP contribution < -0.4 is 9.64 Å². The number of ether oxygens (including phenoxy) is 1. The molecule has 26 heavy (non-hydrogen) atoms. The number of amides is 2. The van der Waals surface area contributed by atoms with Gasteiger partial charge in [0.15, 0.2) is 0 Å². The Bertz CT molecular complexity index is 931. The molecular weight excluding hydrogens is 328 g/mol. The Morgan fingerprint density at radius 3 is 2.27 bits per heavy atom. The van der Waals surface area contributed by atoms with Crippen LogP contribution in [0.1, 0.15) is 36.2 Å². The third kappa shape index (κ3) is 2.17. The van der Waals surface area contributed by atoms with Crippen LogP contribution in [0, 0.1) is 0 Å². The molecule has 2 aliphatic rings. The summed E-state index contributed by atoms with van der Waals surface area (Å²) in [6.07, 6.45) is 0.558. The molecule has 2 aromatic carbocycles. The van der Waals surface area contributed by atoms with Crippen LogP contribution in [0.2, 0.25) is 0 Å². The number of rotatable bonds is 3. The summed E-state index contributed by atoms with van der Waals surface area (Å²) in [6.45, 7) is 3.83. The molecule has 2 aromatic rings. The molecule has 1 atom stereocenters. The highest BCUT2D eigenvalue weighted by Crippen LogP contribution is 2.42. The van der Waals surface area contributed by atoms with Crippen LogP contribution in [0.5, 0.6) is 5.75 Å². The Morgan fingerprint density at radius 1 is 1.00 bits per heavy atom. The van der Waals surface area contributed by atoms with E-state index in [-0.39, 0.29) is 11.8 Å². The maximum atomic E-state index is 13.2. The summed E-state index contributed by atoms with van der Waals surface area (Å²) < 4.78 is 5.21. The summed E-state index contributed by atoms with van der Waals surface area (Å²) in [5.41, 5.74) is 3.91. The molecule has 5 nitrogen and oxygen atoms in total. The first-order valence-electron chi connectivity index (χ1n) is 8.70. The molecule has 0 aromatic heterocycles. The highest BCUT2D eigenvalue weighted by Gasteiger charge is 2.46. The molecule has 0 radical (unpaired) electrons. The molecule has 1 unspecified atom stereocenters. The number of nitrogens with zero attached hydrogens (tertiary/aromatic N) is 2. The maximum Gasteiger partial charge on any atom is 0.259 e. The van der Waals surface area contributed by atoms with E-state index in [1.165, 1.54) is 0 Å². The summed E-state index contributed by atoms with van der Waals surface area (Å²) in [5, 5.41) is 0.